The van der Waals surface area contributed by atoms with Crippen molar-refractivity contribution in [3.63, 3.8) is 0 Å². The molecule has 2 aromatic rings. The number of esters is 1. The molecule has 5 heteroatoms. The number of carbonyl (C=O) groups is 1. The third-order valence-corrected chi connectivity index (χ3v) is 3.47. The molecule has 0 aliphatic carbocycles. The fourth-order valence-electron chi connectivity index (χ4n) is 2.37. The number of cyclic esters (lactones) is 1. The molecule has 21 heavy (non-hydrogen) atoms. The Kier molecular flexibility index (Phi) is 3.68. The third kappa shape index (κ3) is 2.53. The van der Waals surface area contributed by atoms with Crippen molar-refractivity contribution in [1.29, 1.82) is 0 Å². The number of hydrogen-bond donors (Lipinski definition) is 0. The van der Waals surface area contributed by atoms with Gasteiger partial charge in [-0.3, -0.25) is 4.98 Å². The number of carbonyl (C=O) groups excluding carboxylic acids is 1. The van der Waals surface area contributed by atoms with Gasteiger partial charge in [-0.2, -0.15) is 0 Å². The topological polar surface area (TPSA) is 57.7 Å². The van der Waals surface area contributed by atoms with Gasteiger partial charge in [-0.1, -0.05) is 12.1 Å². The SMILES string of the molecule is COC(OC)c1ccc(-c2ccc3c(c2)COC3=O)cn1. The molecule has 0 spiro atoms. The van der Waals surface area contributed by atoms with Crippen molar-refractivity contribution in [2.75, 3.05) is 14.2 Å². The second-order valence-electron chi connectivity index (χ2n) is 4.72. The first kappa shape index (κ1) is 13.7. The van der Waals surface area contributed by atoms with Crippen LogP contribution in [0.5, 0.6) is 0 Å². The number of methoxy groups -OCH3 is 2. The summed E-state index contributed by atoms with van der Waals surface area (Å²) in [4.78, 5) is 15.8. The molecule has 1 aromatic carbocycles. The van der Waals surface area contributed by atoms with Crippen LogP contribution in [0.15, 0.2) is 36.5 Å². The molecule has 1 aromatic heterocycles. The molecule has 5 nitrogen and oxygen atoms in total. The van der Waals surface area contributed by atoms with Gasteiger partial charge in [0.2, 0.25) is 6.29 Å². The van der Waals surface area contributed by atoms with Crippen molar-refractivity contribution in [2.45, 2.75) is 12.9 Å². The van der Waals surface area contributed by atoms with E-state index in [1.54, 1.807) is 26.5 Å². The molecular formula is C16H15NO4. The molecule has 0 atom stereocenters. The van der Waals surface area contributed by atoms with E-state index in [-0.39, 0.29) is 5.97 Å². The van der Waals surface area contributed by atoms with Gasteiger partial charge in [0.1, 0.15) is 6.61 Å². The second kappa shape index (κ2) is 5.63. The van der Waals surface area contributed by atoms with Gasteiger partial charge in [0.05, 0.1) is 11.3 Å². The van der Waals surface area contributed by atoms with E-state index in [4.69, 9.17) is 14.2 Å². The van der Waals surface area contributed by atoms with Crippen LogP contribution in [-0.4, -0.2) is 25.2 Å². The van der Waals surface area contributed by atoms with E-state index in [1.807, 2.05) is 24.3 Å². The lowest BCUT2D eigenvalue weighted by molar-refractivity contribution is -0.108. The maximum absolute atomic E-state index is 11.4. The smallest absolute Gasteiger partial charge is 0.338 e. The van der Waals surface area contributed by atoms with Crippen molar-refractivity contribution < 1.29 is 19.0 Å². The minimum absolute atomic E-state index is 0.256. The average molecular weight is 285 g/mol. The third-order valence-electron chi connectivity index (χ3n) is 3.47. The summed E-state index contributed by atoms with van der Waals surface area (Å²) < 4.78 is 15.3. The number of nitrogens with zero attached hydrogens (tertiary/aromatic N) is 1. The Balaban J connectivity index is 1.89. The van der Waals surface area contributed by atoms with Gasteiger partial charge in [0.15, 0.2) is 0 Å². The zero-order valence-corrected chi connectivity index (χ0v) is 11.8. The highest BCUT2D eigenvalue weighted by molar-refractivity contribution is 5.94. The number of fused-ring (bicyclic) bond motifs is 1. The largest absolute Gasteiger partial charge is 0.457 e. The number of pyridine rings is 1. The van der Waals surface area contributed by atoms with Crippen molar-refractivity contribution in [3.05, 3.63) is 53.3 Å². The number of rotatable bonds is 4. The Morgan fingerprint density at radius 1 is 1.14 bits per heavy atom. The normalized spacial score (nSPS) is 13.4. The van der Waals surface area contributed by atoms with Crippen molar-refractivity contribution in [1.82, 2.24) is 4.98 Å². The van der Waals surface area contributed by atoms with E-state index in [0.717, 1.165) is 16.7 Å². The monoisotopic (exact) mass is 285 g/mol. The second-order valence-corrected chi connectivity index (χ2v) is 4.72. The fourth-order valence-corrected chi connectivity index (χ4v) is 2.37. The molecule has 0 N–H and O–H groups in total. The number of benzene rings is 1. The molecule has 108 valence electrons. The van der Waals surface area contributed by atoms with Gasteiger partial charge in [-0.25, -0.2) is 4.79 Å². The predicted molar refractivity (Wildman–Crippen MR) is 75.6 cm³/mol. The van der Waals surface area contributed by atoms with E-state index in [1.165, 1.54) is 0 Å². The van der Waals surface area contributed by atoms with E-state index >= 15 is 0 Å². The summed E-state index contributed by atoms with van der Waals surface area (Å²) >= 11 is 0. The Morgan fingerprint density at radius 2 is 1.90 bits per heavy atom. The summed E-state index contributed by atoms with van der Waals surface area (Å²) in [7, 11) is 3.14. The summed E-state index contributed by atoms with van der Waals surface area (Å²) in [5.41, 5.74) is 4.23. The highest BCUT2D eigenvalue weighted by Gasteiger charge is 2.21. The molecular weight excluding hydrogens is 270 g/mol. The van der Waals surface area contributed by atoms with E-state index in [2.05, 4.69) is 4.98 Å². The van der Waals surface area contributed by atoms with Crippen LogP contribution in [0.2, 0.25) is 0 Å². The summed E-state index contributed by atoms with van der Waals surface area (Å²) in [5, 5.41) is 0. The molecule has 0 bridgehead atoms. The lowest BCUT2D eigenvalue weighted by Gasteiger charge is -2.13. The van der Waals surface area contributed by atoms with Gasteiger partial charge in [0, 0.05) is 31.5 Å². The van der Waals surface area contributed by atoms with Crippen LogP contribution in [-0.2, 0) is 20.8 Å². The van der Waals surface area contributed by atoms with Crippen LogP contribution in [0.1, 0.15) is 27.9 Å². The van der Waals surface area contributed by atoms with E-state index in [9.17, 15) is 4.79 Å². The highest BCUT2D eigenvalue weighted by atomic mass is 16.7. The standard InChI is InChI=1S/C16H15NO4/c1-19-16(20-2)14-6-4-11(8-17-14)10-3-5-13-12(7-10)9-21-15(13)18/h3-8,16H,9H2,1-2H3. The first-order valence-corrected chi connectivity index (χ1v) is 6.55. The lowest BCUT2D eigenvalue weighted by Crippen LogP contribution is -2.05. The molecule has 0 amide bonds. The van der Waals surface area contributed by atoms with Crippen LogP contribution in [0.4, 0.5) is 0 Å². The summed E-state index contributed by atoms with van der Waals surface area (Å²) in [6, 6.07) is 9.46. The maximum atomic E-state index is 11.4. The van der Waals surface area contributed by atoms with E-state index < -0.39 is 6.29 Å². The first-order chi connectivity index (χ1) is 10.2. The molecule has 1 aliphatic rings. The minimum Gasteiger partial charge on any atom is -0.457 e. The molecule has 1 aliphatic heterocycles. The van der Waals surface area contributed by atoms with Crippen molar-refractivity contribution in [2.24, 2.45) is 0 Å². The quantitative estimate of drug-likeness (QED) is 0.638. The summed E-state index contributed by atoms with van der Waals surface area (Å²) in [5.74, 6) is -0.256. The minimum atomic E-state index is -0.468. The Bertz CT molecular complexity index is 662. The molecule has 0 unspecified atom stereocenters. The summed E-state index contributed by atoms with van der Waals surface area (Å²) in [6.45, 7) is 0.336. The molecule has 0 saturated carbocycles. The molecule has 0 radical (unpaired) electrons. The van der Waals surface area contributed by atoms with Gasteiger partial charge in [0.25, 0.3) is 0 Å². The molecule has 0 fully saturated rings. The lowest BCUT2D eigenvalue weighted by atomic mass is 10.0. The van der Waals surface area contributed by atoms with Crippen molar-refractivity contribution >= 4 is 5.97 Å². The zero-order valence-electron chi connectivity index (χ0n) is 11.8. The molecule has 0 saturated heterocycles. The zero-order chi connectivity index (χ0) is 14.8. The average Bonchev–Trinajstić information content (AvgIpc) is 2.90. The predicted octanol–water partition coefficient (Wildman–Crippen LogP) is 2.71. The molecule has 3 rings (SSSR count). The van der Waals surface area contributed by atoms with Crippen LogP contribution in [0, 0.1) is 0 Å². The number of aromatic nitrogens is 1. The van der Waals surface area contributed by atoms with Crippen molar-refractivity contribution in [3.8, 4) is 11.1 Å². The Hall–Kier alpha value is -2.24. The fraction of sp³-hybridized carbons (Fsp3) is 0.250. The van der Waals surface area contributed by atoms with Crippen LogP contribution < -0.4 is 0 Å². The number of ether oxygens (including phenoxy) is 3. The van der Waals surface area contributed by atoms with Gasteiger partial charge in [-0.05, 0) is 23.8 Å². The van der Waals surface area contributed by atoms with Crippen LogP contribution in [0.25, 0.3) is 11.1 Å². The van der Waals surface area contributed by atoms with Crippen LogP contribution in [0.3, 0.4) is 0 Å². The number of hydrogen-bond acceptors (Lipinski definition) is 5. The first-order valence-electron chi connectivity index (χ1n) is 6.55. The molecule has 2 heterocycles. The highest BCUT2D eigenvalue weighted by Crippen LogP contribution is 2.27. The van der Waals surface area contributed by atoms with Gasteiger partial charge in [-0.15, -0.1) is 0 Å². The Labute approximate surface area is 122 Å². The van der Waals surface area contributed by atoms with Gasteiger partial charge < -0.3 is 14.2 Å². The van der Waals surface area contributed by atoms with Gasteiger partial charge >= 0.3 is 5.97 Å². The summed E-state index contributed by atoms with van der Waals surface area (Å²) in [6.07, 6.45) is 1.30. The Morgan fingerprint density at radius 3 is 2.57 bits per heavy atom. The van der Waals surface area contributed by atoms with Crippen LogP contribution >= 0.6 is 0 Å². The maximum Gasteiger partial charge on any atom is 0.338 e. The van der Waals surface area contributed by atoms with E-state index in [0.29, 0.717) is 17.9 Å².